The summed E-state index contributed by atoms with van der Waals surface area (Å²) in [5.74, 6) is 1.63. The lowest BCUT2D eigenvalue weighted by molar-refractivity contribution is 0.569. The van der Waals surface area contributed by atoms with Crippen LogP contribution in [0.5, 0.6) is 0 Å². The Balaban J connectivity index is 1.73. The number of aromatic nitrogens is 1. The van der Waals surface area contributed by atoms with Gasteiger partial charge in [0.15, 0.2) is 5.13 Å². The minimum absolute atomic E-state index is 0.545. The SMILES string of the molecule is CCC1CCN(c2nc(C3CC3)c(CNC(C)C)s2)C1. The molecular weight excluding hydrogens is 266 g/mol. The number of rotatable bonds is 6. The smallest absolute Gasteiger partial charge is 0.185 e. The molecule has 1 aromatic rings. The lowest BCUT2D eigenvalue weighted by atomic mass is 10.1. The molecule has 2 aliphatic rings. The molecule has 0 spiro atoms. The van der Waals surface area contributed by atoms with Gasteiger partial charge in [0, 0.05) is 36.5 Å². The fraction of sp³-hybridized carbons (Fsp3) is 0.812. The van der Waals surface area contributed by atoms with E-state index in [1.807, 2.05) is 11.3 Å². The first-order chi connectivity index (χ1) is 9.67. The molecule has 20 heavy (non-hydrogen) atoms. The highest BCUT2D eigenvalue weighted by Gasteiger charge is 2.31. The Kier molecular flexibility index (Phi) is 4.32. The Labute approximate surface area is 126 Å². The first-order valence-corrected chi connectivity index (χ1v) is 8.97. The van der Waals surface area contributed by atoms with Gasteiger partial charge in [-0.05, 0) is 25.2 Å². The summed E-state index contributed by atoms with van der Waals surface area (Å²) >= 11 is 1.93. The van der Waals surface area contributed by atoms with Crippen LogP contribution in [0.1, 0.15) is 62.9 Å². The summed E-state index contributed by atoms with van der Waals surface area (Å²) in [6, 6.07) is 0.545. The quantitative estimate of drug-likeness (QED) is 0.865. The maximum Gasteiger partial charge on any atom is 0.185 e. The third-order valence-corrected chi connectivity index (χ3v) is 5.62. The molecule has 1 saturated heterocycles. The summed E-state index contributed by atoms with van der Waals surface area (Å²) in [6.45, 7) is 10.1. The molecule has 1 aliphatic heterocycles. The first kappa shape index (κ1) is 14.3. The monoisotopic (exact) mass is 293 g/mol. The van der Waals surface area contributed by atoms with Gasteiger partial charge in [-0.2, -0.15) is 0 Å². The van der Waals surface area contributed by atoms with E-state index in [0.717, 1.165) is 18.4 Å². The average Bonchev–Trinajstić information content (AvgIpc) is 3.02. The Morgan fingerprint density at radius 2 is 2.15 bits per heavy atom. The molecular formula is C16H27N3S. The van der Waals surface area contributed by atoms with Crippen LogP contribution in [0.15, 0.2) is 0 Å². The van der Waals surface area contributed by atoms with Crippen LogP contribution in [0.3, 0.4) is 0 Å². The number of hydrogen-bond acceptors (Lipinski definition) is 4. The van der Waals surface area contributed by atoms with E-state index in [9.17, 15) is 0 Å². The van der Waals surface area contributed by atoms with E-state index < -0.39 is 0 Å². The van der Waals surface area contributed by atoms with Gasteiger partial charge in [-0.15, -0.1) is 11.3 Å². The van der Waals surface area contributed by atoms with Crippen LogP contribution in [0.4, 0.5) is 5.13 Å². The Bertz CT molecular complexity index is 451. The first-order valence-electron chi connectivity index (χ1n) is 8.15. The lowest BCUT2D eigenvalue weighted by Gasteiger charge is -2.14. The van der Waals surface area contributed by atoms with E-state index in [1.54, 1.807) is 0 Å². The molecule has 0 amide bonds. The molecule has 1 aromatic heterocycles. The van der Waals surface area contributed by atoms with Crippen LogP contribution in [0.2, 0.25) is 0 Å². The largest absolute Gasteiger partial charge is 0.348 e. The van der Waals surface area contributed by atoms with Gasteiger partial charge in [-0.1, -0.05) is 27.2 Å². The summed E-state index contributed by atoms with van der Waals surface area (Å²) in [5, 5.41) is 4.84. The van der Waals surface area contributed by atoms with Gasteiger partial charge >= 0.3 is 0 Å². The van der Waals surface area contributed by atoms with Crippen molar-refractivity contribution < 1.29 is 0 Å². The van der Waals surface area contributed by atoms with Crippen molar-refractivity contribution in [1.29, 1.82) is 0 Å². The van der Waals surface area contributed by atoms with E-state index in [2.05, 4.69) is 31.0 Å². The lowest BCUT2D eigenvalue weighted by Crippen LogP contribution is -2.21. The summed E-state index contributed by atoms with van der Waals surface area (Å²) in [7, 11) is 0. The van der Waals surface area contributed by atoms with E-state index in [4.69, 9.17) is 4.98 Å². The van der Waals surface area contributed by atoms with Crippen LogP contribution in [0, 0.1) is 5.92 Å². The summed E-state index contributed by atoms with van der Waals surface area (Å²) in [4.78, 5) is 9.01. The summed E-state index contributed by atoms with van der Waals surface area (Å²) in [5.41, 5.74) is 1.40. The number of hydrogen-bond donors (Lipinski definition) is 1. The highest BCUT2D eigenvalue weighted by molar-refractivity contribution is 7.15. The van der Waals surface area contributed by atoms with Crippen LogP contribution < -0.4 is 10.2 Å². The zero-order valence-corrected chi connectivity index (χ0v) is 13.8. The predicted molar refractivity (Wildman–Crippen MR) is 86.7 cm³/mol. The van der Waals surface area contributed by atoms with Crippen LogP contribution in [0.25, 0.3) is 0 Å². The summed E-state index contributed by atoms with van der Waals surface area (Å²) < 4.78 is 0. The molecule has 2 heterocycles. The number of anilines is 1. The molecule has 1 atom stereocenters. The molecule has 112 valence electrons. The predicted octanol–water partition coefficient (Wildman–Crippen LogP) is 3.75. The highest BCUT2D eigenvalue weighted by Crippen LogP contribution is 2.44. The van der Waals surface area contributed by atoms with Crippen molar-refractivity contribution in [1.82, 2.24) is 10.3 Å². The van der Waals surface area contributed by atoms with Gasteiger partial charge in [-0.25, -0.2) is 4.98 Å². The van der Waals surface area contributed by atoms with Crippen molar-refractivity contribution in [2.45, 2.75) is 65.0 Å². The number of nitrogens with zero attached hydrogens (tertiary/aromatic N) is 2. The van der Waals surface area contributed by atoms with E-state index >= 15 is 0 Å². The zero-order valence-electron chi connectivity index (χ0n) is 13.0. The minimum atomic E-state index is 0.545. The Morgan fingerprint density at radius 1 is 1.35 bits per heavy atom. The van der Waals surface area contributed by atoms with Gasteiger partial charge in [0.25, 0.3) is 0 Å². The van der Waals surface area contributed by atoms with Gasteiger partial charge in [0.2, 0.25) is 0 Å². The molecule has 3 nitrogen and oxygen atoms in total. The molecule has 0 radical (unpaired) electrons. The normalized spacial score (nSPS) is 23.0. The molecule has 1 aliphatic carbocycles. The minimum Gasteiger partial charge on any atom is -0.348 e. The molecule has 1 unspecified atom stereocenters. The topological polar surface area (TPSA) is 28.2 Å². The number of nitrogens with one attached hydrogen (secondary N) is 1. The maximum absolute atomic E-state index is 5.01. The van der Waals surface area contributed by atoms with Crippen molar-refractivity contribution in [2.24, 2.45) is 5.92 Å². The van der Waals surface area contributed by atoms with Crippen molar-refractivity contribution in [2.75, 3.05) is 18.0 Å². The second-order valence-electron chi connectivity index (χ2n) is 6.62. The second kappa shape index (κ2) is 6.02. The molecule has 0 bridgehead atoms. The maximum atomic E-state index is 5.01. The van der Waals surface area contributed by atoms with Crippen molar-refractivity contribution in [3.63, 3.8) is 0 Å². The van der Waals surface area contributed by atoms with Gasteiger partial charge < -0.3 is 10.2 Å². The van der Waals surface area contributed by atoms with Crippen LogP contribution in [-0.4, -0.2) is 24.1 Å². The number of thiazole rings is 1. The van der Waals surface area contributed by atoms with Crippen molar-refractivity contribution >= 4 is 16.5 Å². The van der Waals surface area contributed by atoms with Crippen LogP contribution in [-0.2, 0) is 6.54 Å². The van der Waals surface area contributed by atoms with Crippen molar-refractivity contribution in [3.8, 4) is 0 Å². The third-order valence-electron chi connectivity index (χ3n) is 4.48. The molecule has 1 N–H and O–H groups in total. The Morgan fingerprint density at radius 3 is 2.75 bits per heavy atom. The summed E-state index contributed by atoms with van der Waals surface area (Å²) in [6.07, 6.45) is 5.33. The van der Waals surface area contributed by atoms with Gasteiger partial charge in [-0.3, -0.25) is 0 Å². The Hall–Kier alpha value is -0.610. The van der Waals surface area contributed by atoms with Gasteiger partial charge in [0.1, 0.15) is 0 Å². The van der Waals surface area contributed by atoms with E-state index in [0.29, 0.717) is 6.04 Å². The highest BCUT2D eigenvalue weighted by atomic mass is 32.1. The van der Waals surface area contributed by atoms with Crippen LogP contribution >= 0.6 is 11.3 Å². The average molecular weight is 293 g/mol. The molecule has 0 aromatic carbocycles. The zero-order chi connectivity index (χ0) is 14.1. The third kappa shape index (κ3) is 3.17. The molecule has 4 heteroatoms. The molecule has 3 rings (SSSR count). The standard InChI is InChI=1S/C16H27N3S/c1-4-12-7-8-19(10-12)16-18-15(13-5-6-13)14(20-16)9-17-11(2)3/h11-13,17H,4-10H2,1-3H3. The van der Waals surface area contributed by atoms with E-state index in [1.165, 1.54) is 54.5 Å². The van der Waals surface area contributed by atoms with E-state index in [-0.39, 0.29) is 0 Å². The van der Waals surface area contributed by atoms with Gasteiger partial charge in [0.05, 0.1) is 5.69 Å². The molecule has 2 fully saturated rings. The second-order valence-corrected chi connectivity index (χ2v) is 7.69. The fourth-order valence-corrected chi connectivity index (χ4v) is 4.06. The fourth-order valence-electron chi connectivity index (χ4n) is 2.92. The van der Waals surface area contributed by atoms with Crippen molar-refractivity contribution in [3.05, 3.63) is 10.6 Å². The molecule has 1 saturated carbocycles.